The molecule has 0 aromatic heterocycles. The van der Waals surface area contributed by atoms with Crippen LogP contribution in [0.25, 0.3) is 0 Å². The predicted octanol–water partition coefficient (Wildman–Crippen LogP) is 1.25. The van der Waals surface area contributed by atoms with Crippen molar-refractivity contribution in [2.75, 3.05) is 39.3 Å². The summed E-state index contributed by atoms with van der Waals surface area (Å²) < 4.78 is 0. The Balaban J connectivity index is 2.49. The molecule has 1 saturated heterocycles. The van der Waals surface area contributed by atoms with E-state index < -0.39 is 11.5 Å². The molecular formula is C15H31N3O2. The Bertz CT molecular complexity index is 303. The summed E-state index contributed by atoms with van der Waals surface area (Å²) in [5.74, 6) is -0.754. The number of carboxylic acids is 1. The van der Waals surface area contributed by atoms with Gasteiger partial charge in [-0.15, -0.1) is 0 Å². The van der Waals surface area contributed by atoms with Gasteiger partial charge in [-0.05, 0) is 33.2 Å². The second-order valence-corrected chi connectivity index (χ2v) is 6.13. The lowest BCUT2D eigenvalue weighted by molar-refractivity contribution is -0.145. The van der Waals surface area contributed by atoms with Crippen LogP contribution in [0.2, 0.25) is 0 Å². The van der Waals surface area contributed by atoms with Gasteiger partial charge in [0.1, 0.15) is 5.54 Å². The van der Waals surface area contributed by atoms with Crippen molar-refractivity contribution in [3.8, 4) is 0 Å². The summed E-state index contributed by atoms with van der Waals surface area (Å²) in [5.41, 5.74) is -0.839. The van der Waals surface area contributed by atoms with Crippen molar-refractivity contribution in [3.05, 3.63) is 0 Å². The quantitative estimate of drug-likeness (QED) is 0.703. The fourth-order valence-corrected chi connectivity index (χ4v) is 2.67. The molecule has 0 aliphatic carbocycles. The maximum absolute atomic E-state index is 11.5. The van der Waals surface area contributed by atoms with Crippen LogP contribution in [0.15, 0.2) is 0 Å². The van der Waals surface area contributed by atoms with Gasteiger partial charge in [-0.1, -0.05) is 13.8 Å². The van der Waals surface area contributed by atoms with Gasteiger partial charge < -0.3 is 10.4 Å². The zero-order chi connectivity index (χ0) is 15.2. The van der Waals surface area contributed by atoms with Crippen molar-refractivity contribution >= 4 is 5.97 Å². The average molecular weight is 285 g/mol. The van der Waals surface area contributed by atoms with E-state index in [1.807, 2.05) is 0 Å². The first-order valence-corrected chi connectivity index (χ1v) is 7.87. The molecule has 0 aromatic rings. The van der Waals surface area contributed by atoms with Crippen LogP contribution < -0.4 is 5.32 Å². The third-order valence-electron chi connectivity index (χ3n) is 4.40. The summed E-state index contributed by atoms with van der Waals surface area (Å²) in [7, 11) is 0. The van der Waals surface area contributed by atoms with Gasteiger partial charge >= 0.3 is 5.97 Å². The van der Waals surface area contributed by atoms with Crippen molar-refractivity contribution in [3.63, 3.8) is 0 Å². The molecule has 1 rings (SSSR count). The summed E-state index contributed by atoms with van der Waals surface area (Å²) in [6.45, 7) is 13.7. The molecule has 118 valence electrons. The Labute approximate surface area is 123 Å². The first kappa shape index (κ1) is 17.4. The molecule has 0 bridgehead atoms. The third-order valence-corrected chi connectivity index (χ3v) is 4.40. The number of piperazine rings is 1. The molecule has 0 amide bonds. The molecule has 0 radical (unpaired) electrons. The summed E-state index contributed by atoms with van der Waals surface area (Å²) in [4.78, 5) is 16.3. The van der Waals surface area contributed by atoms with Crippen LogP contribution in [0.5, 0.6) is 0 Å². The third kappa shape index (κ3) is 4.72. The fourth-order valence-electron chi connectivity index (χ4n) is 2.67. The molecular weight excluding hydrogens is 254 g/mol. The topological polar surface area (TPSA) is 55.8 Å². The molecule has 0 spiro atoms. The normalized spacial score (nSPS) is 22.4. The van der Waals surface area contributed by atoms with Crippen molar-refractivity contribution in [1.82, 2.24) is 15.1 Å². The molecule has 1 aliphatic rings. The van der Waals surface area contributed by atoms with Crippen molar-refractivity contribution in [2.45, 2.75) is 52.1 Å². The van der Waals surface area contributed by atoms with E-state index in [1.54, 1.807) is 6.92 Å². The highest BCUT2D eigenvalue weighted by Gasteiger charge is 2.35. The number of nitrogens with one attached hydrogen (secondary N) is 1. The van der Waals surface area contributed by atoms with Gasteiger partial charge in [0.15, 0.2) is 0 Å². The molecule has 1 fully saturated rings. The predicted molar refractivity (Wildman–Crippen MR) is 82.1 cm³/mol. The molecule has 20 heavy (non-hydrogen) atoms. The Hall–Kier alpha value is -0.650. The van der Waals surface area contributed by atoms with Crippen LogP contribution in [-0.2, 0) is 4.79 Å². The van der Waals surface area contributed by atoms with E-state index in [2.05, 4.69) is 35.9 Å². The van der Waals surface area contributed by atoms with Gasteiger partial charge in [0.05, 0.1) is 0 Å². The zero-order valence-electron chi connectivity index (χ0n) is 13.5. The van der Waals surface area contributed by atoms with E-state index in [9.17, 15) is 9.90 Å². The molecule has 5 heteroatoms. The zero-order valence-corrected chi connectivity index (χ0v) is 13.5. The number of carboxylic acid groups (broad SMARTS) is 1. The van der Waals surface area contributed by atoms with E-state index >= 15 is 0 Å². The second-order valence-electron chi connectivity index (χ2n) is 6.13. The fraction of sp³-hybridized carbons (Fsp3) is 0.933. The van der Waals surface area contributed by atoms with Crippen LogP contribution in [0, 0.1) is 0 Å². The van der Waals surface area contributed by atoms with Crippen molar-refractivity contribution in [2.24, 2.45) is 0 Å². The van der Waals surface area contributed by atoms with E-state index in [0.29, 0.717) is 12.6 Å². The highest BCUT2D eigenvalue weighted by molar-refractivity contribution is 5.78. The standard InChI is InChI=1S/C15H31N3O2/c1-5-7-16-15(4,14(19)20)12-17-8-10-18(11-9-17)13(3)6-2/h13,16H,5-12H2,1-4H3,(H,19,20). The lowest BCUT2D eigenvalue weighted by Gasteiger charge is -2.40. The Morgan fingerprint density at radius 3 is 2.35 bits per heavy atom. The van der Waals surface area contributed by atoms with Crippen molar-refractivity contribution < 1.29 is 9.90 Å². The first-order valence-electron chi connectivity index (χ1n) is 7.87. The van der Waals surface area contributed by atoms with E-state index in [4.69, 9.17) is 0 Å². The van der Waals surface area contributed by atoms with Gasteiger partial charge in [0.25, 0.3) is 0 Å². The number of hydrogen-bond donors (Lipinski definition) is 2. The molecule has 5 nitrogen and oxygen atoms in total. The highest BCUT2D eigenvalue weighted by atomic mass is 16.4. The average Bonchev–Trinajstić information content (AvgIpc) is 2.45. The number of nitrogens with zero attached hydrogens (tertiary/aromatic N) is 2. The number of hydrogen-bond acceptors (Lipinski definition) is 4. The minimum absolute atomic E-state index is 0.580. The minimum Gasteiger partial charge on any atom is -0.480 e. The monoisotopic (exact) mass is 285 g/mol. The van der Waals surface area contributed by atoms with Crippen molar-refractivity contribution in [1.29, 1.82) is 0 Å². The van der Waals surface area contributed by atoms with Crippen LogP contribution in [0.4, 0.5) is 0 Å². The Kier molecular flexibility index (Phi) is 6.92. The van der Waals surface area contributed by atoms with E-state index in [-0.39, 0.29) is 0 Å². The summed E-state index contributed by atoms with van der Waals surface area (Å²) in [5, 5.41) is 12.7. The Morgan fingerprint density at radius 1 is 1.30 bits per heavy atom. The van der Waals surface area contributed by atoms with Crippen LogP contribution in [0.1, 0.15) is 40.5 Å². The maximum Gasteiger partial charge on any atom is 0.324 e. The van der Waals surface area contributed by atoms with E-state index in [0.717, 1.165) is 39.1 Å². The summed E-state index contributed by atoms with van der Waals surface area (Å²) >= 11 is 0. The summed E-state index contributed by atoms with van der Waals surface area (Å²) in [6, 6.07) is 0.626. The lowest BCUT2D eigenvalue weighted by atomic mass is 10.0. The van der Waals surface area contributed by atoms with Gasteiger partial charge in [-0.2, -0.15) is 0 Å². The van der Waals surface area contributed by atoms with Crippen LogP contribution in [0.3, 0.4) is 0 Å². The molecule has 2 unspecified atom stereocenters. The number of aliphatic carboxylic acids is 1. The van der Waals surface area contributed by atoms with Gasteiger partial charge in [0, 0.05) is 38.8 Å². The second kappa shape index (κ2) is 7.96. The molecule has 1 heterocycles. The van der Waals surface area contributed by atoms with Gasteiger partial charge in [0.2, 0.25) is 0 Å². The first-order chi connectivity index (χ1) is 9.42. The molecule has 2 atom stereocenters. The number of rotatable bonds is 8. The SMILES string of the molecule is CCCNC(C)(CN1CCN(C(C)CC)CC1)C(=O)O. The van der Waals surface area contributed by atoms with Crippen LogP contribution >= 0.6 is 0 Å². The van der Waals surface area contributed by atoms with Gasteiger partial charge in [-0.3, -0.25) is 14.6 Å². The number of carbonyl (C=O) groups is 1. The minimum atomic E-state index is -0.839. The van der Waals surface area contributed by atoms with Gasteiger partial charge in [-0.25, -0.2) is 0 Å². The molecule has 2 N–H and O–H groups in total. The molecule has 1 aliphatic heterocycles. The highest BCUT2D eigenvalue weighted by Crippen LogP contribution is 2.13. The molecule has 0 aromatic carbocycles. The smallest absolute Gasteiger partial charge is 0.324 e. The maximum atomic E-state index is 11.5. The molecule has 0 saturated carbocycles. The largest absolute Gasteiger partial charge is 0.480 e. The van der Waals surface area contributed by atoms with Crippen LogP contribution in [-0.4, -0.2) is 71.7 Å². The summed E-state index contributed by atoms with van der Waals surface area (Å²) in [6.07, 6.45) is 2.12. The van der Waals surface area contributed by atoms with E-state index in [1.165, 1.54) is 6.42 Å². The Morgan fingerprint density at radius 2 is 1.90 bits per heavy atom. The lowest BCUT2D eigenvalue weighted by Crippen LogP contribution is -2.60.